The quantitative estimate of drug-likeness (QED) is 0.621. The van der Waals surface area contributed by atoms with Crippen LogP contribution in [-0.4, -0.2) is 46.0 Å². The lowest BCUT2D eigenvalue weighted by Crippen LogP contribution is -2.13. The van der Waals surface area contributed by atoms with Gasteiger partial charge in [0.05, 0.1) is 14.2 Å². The fourth-order valence-electron chi connectivity index (χ4n) is 1.51. The van der Waals surface area contributed by atoms with E-state index in [1.807, 2.05) is 0 Å². The van der Waals surface area contributed by atoms with Crippen LogP contribution < -0.4 is 9.47 Å². The maximum atomic E-state index is 11.7. The molecule has 0 bridgehead atoms. The zero-order valence-electron chi connectivity index (χ0n) is 11.6. The summed E-state index contributed by atoms with van der Waals surface area (Å²) in [4.78, 5) is 34.9. The zero-order valence-corrected chi connectivity index (χ0v) is 12.5. The first-order chi connectivity index (χ1) is 10.5. The van der Waals surface area contributed by atoms with E-state index < -0.39 is 11.8 Å². The molecule has 0 amide bonds. The number of carbonyl (C=O) groups is 2. The van der Waals surface area contributed by atoms with Crippen LogP contribution in [0.5, 0.6) is 12.0 Å². The summed E-state index contributed by atoms with van der Waals surface area (Å²) >= 11 is 1.01. The van der Waals surface area contributed by atoms with Gasteiger partial charge < -0.3 is 14.6 Å². The molecule has 114 valence electrons. The van der Waals surface area contributed by atoms with Crippen molar-refractivity contribution in [2.75, 3.05) is 14.2 Å². The van der Waals surface area contributed by atoms with E-state index in [4.69, 9.17) is 14.6 Å². The monoisotopic (exact) mass is 321 g/mol. The molecule has 2 rings (SSSR count). The molecular weight excluding hydrogens is 310 g/mol. The molecule has 2 aromatic rings. The first-order valence-electron chi connectivity index (χ1n) is 5.93. The lowest BCUT2D eigenvalue weighted by atomic mass is 10.1. The topological polar surface area (TPSA) is 112 Å². The number of hydrogen-bond acceptors (Lipinski definition) is 8. The van der Waals surface area contributed by atoms with Gasteiger partial charge in [0.1, 0.15) is 0 Å². The van der Waals surface area contributed by atoms with E-state index in [0.29, 0.717) is 4.90 Å². The second-order valence-electron chi connectivity index (χ2n) is 3.82. The fraction of sp³-hybridized carbons (Fsp3) is 0.154. The lowest BCUT2D eigenvalue weighted by molar-refractivity contribution is -0.131. The highest BCUT2D eigenvalue weighted by molar-refractivity contribution is 7.99. The van der Waals surface area contributed by atoms with Crippen molar-refractivity contribution in [3.05, 3.63) is 29.8 Å². The normalized spacial score (nSPS) is 10.1. The standard InChI is InChI=1S/C13H11N3O5S/c1-20-11-14-12(21-2)16-13(15-11)22-8-6-4-3-5-7(8)9(17)10(18)19/h3-6H,1-2H3,(H,18,19). The minimum Gasteiger partial charge on any atom is -0.475 e. The Morgan fingerprint density at radius 3 is 2.18 bits per heavy atom. The Hall–Kier alpha value is -2.68. The molecule has 0 radical (unpaired) electrons. The maximum Gasteiger partial charge on any atom is 0.377 e. The number of carbonyl (C=O) groups excluding carboxylic acids is 1. The highest BCUT2D eigenvalue weighted by Gasteiger charge is 2.20. The van der Waals surface area contributed by atoms with Gasteiger partial charge in [-0.1, -0.05) is 12.1 Å². The molecule has 0 aliphatic carbocycles. The van der Waals surface area contributed by atoms with Gasteiger partial charge in [0, 0.05) is 10.5 Å². The Kier molecular flexibility index (Phi) is 4.89. The van der Waals surface area contributed by atoms with Crippen molar-refractivity contribution in [2.24, 2.45) is 0 Å². The van der Waals surface area contributed by atoms with Crippen molar-refractivity contribution in [3.63, 3.8) is 0 Å². The smallest absolute Gasteiger partial charge is 0.377 e. The average Bonchev–Trinajstić information content (AvgIpc) is 2.54. The molecule has 0 unspecified atom stereocenters. The molecule has 8 nitrogen and oxygen atoms in total. The van der Waals surface area contributed by atoms with Crippen LogP contribution in [0.15, 0.2) is 34.3 Å². The molecule has 22 heavy (non-hydrogen) atoms. The van der Waals surface area contributed by atoms with Crippen LogP contribution in [0.2, 0.25) is 0 Å². The van der Waals surface area contributed by atoms with Gasteiger partial charge in [0.15, 0.2) is 0 Å². The summed E-state index contributed by atoms with van der Waals surface area (Å²) in [7, 11) is 2.79. The highest BCUT2D eigenvalue weighted by Crippen LogP contribution is 2.29. The summed E-state index contributed by atoms with van der Waals surface area (Å²) < 4.78 is 9.87. The van der Waals surface area contributed by atoms with E-state index in [-0.39, 0.29) is 22.7 Å². The number of ketones is 1. The molecule has 1 aromatic heterocycles. The van der Waals surface area contributed by atoms with Crippen LogP contribution in [0.25, 0.3) is 0 Å². The number of ether oxygens (including phenoxy) is 2. The molecule has 0 atom stereocenters. The van der Waals surface area contributed by atoms with Crippen LogP contribution in [0.4, 0.5) is 0 Å². The van der Waals surface area contributed by atoms with Gasteiger partial charge in [-0.15, -0.1) is 4.98 Å². The SMILES string of the molecule is COc1nc(OC)nc(Sc2ccccc2C(=O)C(=O)O)n1. The van der Waals surface area contributed by atoms with Gasteiger partial charge >= 0.3 is 18.0 Å². The number of rotatable bonds is 6. The van der Waals surface area contributed by atoms with Gasteiger partial charge in [0.2, 0.25) is 5.16 Å². The van der Waals surface area contributed by atoms with E-state index in [9.17, 15) is 9.59 Å². The number of aliphatic carboxylic acids is 1. The lowest BCUT2D eigenvalue weighted by Gasteiger charge is -2.07. The van der Waals surface area contributed by atoms with Gasteiger partial charge in [0.25, 0.3) is 5.78 Å². The summed E-state index contributed by atoms with van der Waals surface area (Å²) in [5.41, 5.74) is 0.0540. The van der Waals surface area contributed by atoms with E-state index in [0.717, 1.165) is 11.8 Å². The van der Waals surface area contributed by atoms with Gasteiger partial charge in [-0.05, 0) is 23.9 Å². The molecule has 9 heteroatoms. The third kappa shape index (κ3) is 3.50. The molecule has 1 heterocycles. The van der Waals surface area contributed by atoms with E-state index in [1.165, 1.54) is 20.3 Å². The van der Waals surface area contributed by atoms with Crippen molar-refractivity contribution >= 4 is 23.5 Å². The van der Waals surface area contributed by atoms with Crippen LogP contribution in [-0.2, 0) is 4.79 Å². The van der Waals surface area contributed by atoms with Gasteiger partial charge in [-0.25, -0.2) is 4.79 Å². The summed E-state index contributed by atoms with van der Waals surface area (Å²) in [6.45, 7) is 0. The van der Waals surface area contributed by atoms with Crippen LogP contribution in [0, 0.1) is 0 Å². The summed E-state index contributed by atoms with van der Waals surface area (Å²) in [6.07, 6.45) is 0. The maximum absolute atomic E-state index is 11.7. The average molecular weight is 321 g/mol. The van der Waals surface area contributed by atoms with Crippen molar-refractivity contribution in [2.45, 2.75) is 10.1 Å². The minimum atomic E-state index is -1.53. The van der Waals surface area contributed by atoms with Crippen LogP contribution in [0.1, 0.15) is 10.4 Å². The zero-order chi connectivity index (χ0) is 16.1. The van der Waals surface area contributed by atoms with Crippen LogP contribution in [0.3, 0.4) is 0 Å². The van der Waals surface area contributed by atoms with E-state index >= 15 is 0 Å². The Morgan fingerprint density at radius 2 is 1.64 bits per heavy atom. The highest BCUT2D eigenvalue weighted by atomic mass is 32.2. The Labute approximate surface area is 129 Å². The number of methoxy groups -OCH3 is 2. The summed E-state index contributed by atoms with van der Waals surface area (Å²) in [6, 6.07) is 6.39. The Balaban J connectivity index is 2.39. The number of carboxylic acids is 1. The molecule has 0 aliphatic rings. The second-order valence-corrected chi connectivity index (χ2v) is 4.83. The molecule has 1 aromatic carbocycles. The van der Waals surface area contributed by atoms with Gasteiger partial charge in [-0.2, -0.15) is 9.97 Å². The number of aromatic nitrogens is 3. The summed E-state index contributed by atoms with van der Waals surface area (Å²) in [5.74, 6) is -2.53. The molecule has 0 spiro atoms. The molecule has 0 fully saturated rings. The number of hydrogen-bond donors (Lipinski definition) is 1. The van der Waals surface area contributed by atoms with Crippen molar-refractivity contribution < 1.29 is 24.2 Å². The van der Waals surface area contributed by atoms with Crippen LogP contribution >= 0.6 is 11.8 Å². The van der Waals surface area contributed by atoms with Gasteiger partial charge in [-0.3, -0.25) is 4.79 Å². The predicted octanol–water partition coefficient (Wildman–Crippen LogP) is 1.31. The third-order valence-corrected chi connectivity index (χ3v) is 3.41. The third-order valence-electron chi connectivity index (χ3n) is 2.47. The minimum absolute atomic E-state index is 0.0522. The van der Waals surface area contributed by atoms with E-state index in [2.05, 4.69) is 15.0 Å². The number of benzene rings is 1. The molecular formula is C13H11N3O5S. The van der Waals surface area contributed by atoms with Crippen molar-refractivity contribution in [1.82, 2.24) is 15.0 Å². The predicted molar refractivity (Wildman–Crippen MR) is 75.5 cm³/mol. The first-order valence-corrected chi connectivity index (χ1v) is 6.75. The first kappa shape index (κ1) is 15.7. The Bertz CT molecular complexity index is 700. The molecule has 0 aliphatic heterocycles. The fourth-order valence-corrected chi connectivity index (χ4v) is 2.37. The largest absolute Gasteiger partial charge is 0.475 e. The van der Waals surface area contributed by atoms with Crippen molar-refractivity contribution in [3.8, 4) is 12.0 Å². The number of nitrogens with zero attached hydrogens (tertiary/aromatic N) is 3. The molecule has 0 saturated carbocycles. The number of carboxylic acid groups (broad SMARTS) is 1. The Morgan fingerprint density at radius 1 is 1.05 bits per heavy atom. The second kappa shape index (κ2) is 6.85. The number of Topliss-reactive ketones (excluding diaryl/α,β-unsaturated/α-hetero) is 1. The van der Waals surface area contributed by atoms with E-state index in [1.54, 1.807) is 18.2 Å². The summed E-state index contributed by atoms with van der Waals surface area (Å²) in [5, 5.41) is 9.07. The van der Waals surface area contributed by atoms with Crippen molar-refractivity contribution in [1.29, 1.82) is 0 Å². The molecule has 1 N–H and O–H groups in total. The molecule has 0 saturated heterocycles.